The molecule has 0 amide bonds. The Labute approximate surface area is 76.7 Å². The lowest BCUT2D eigenvalue weighted by Crippen LogP contribution is -2.06. The van der Waals surface area contributed by atoms with Crippen molar-refractivity contribution < 1.29 is 9.47 Å². The molecule has 0 aromatic heterocycles. The van der Waals surface area contributed by atoms with Crippen molar-refractivity contribution in [3.8, 4) is 0 Å². The monoisotopic (exact) mass is 222 g/mol. The van der Waals surface area contributed by atoms with E-state index in [9.17, 15) is 0 Å². The van der Waals surface area contributed by atoms with Gasteiger partial charge in [0.25, 0.3) is 0 Å². The van der Waals surface area contributed by atoms with Crippen LogP contribution in [0.15, 0.2) is 12.7 Å². The Kier molecular flexibility index (Phi) is 10.3. The van der Waals surface area contributed by atoms with Gasteiger partial charge >= 0.3 is 0 Å². The van der Waals surface area contributed by atoms with E-state index in [2.05, 4.69) is 22.5 Å². The van der Waals surface area contributed by atoms with Crippen molar-refractivity contribution in [2.24, 2.45) is 0 Å². The SMILES string of the molecule is C=CCCOCCOCCBr. The molecule has 0 saturated heterocycles. The molecule has 0 radical (unpaired) electrons. The second-order valence-corrected chi connectivity index (χ2v) is 2.78. The zero-order valence-electron chi connectivity index (χ0n) is 6.72. The maximum atomic E-state index is 5.21. The van der Waals surface area contributed by atoms with Crippen LogP contribution in [0.1, 0.15) is 6.42 Å². The van der Waals surface area contributed by atoms with Crippen LogP contribution in [0, 0.1) is 0 Å². The number of hydrogen-bond acceptors (Lipinski definition) is 2. The smallest absolute Gasteiger partial charge is 0.0700 e. The summed E-state index contributed by atoms with van der Waals surface area (Å²) in [6.45, 7) is 6.46. The summed E-state index contributed by atoms with van der Waals surface area (Å²) in [6.07, 6.45) is 2.76. The number of rotatable bonds is 8. The molecule has 0 aliphatic heterocycles. The molecule has 0 rings (SSSR count). The normalized spacial score (nSPS) is 9.91. The van der Waals surface area contributed by atoms with E-state index < -0.39 is 0 Å². The van der Waals surface area contributed by atoms with E-state index >= 15 is 0 Å². The molecule has 0 unspecified atom stereocenters. The third kappa shape index (κ3) is 10.1. The lowest BCUT2D eigenvalue weighted by Gasteiger charge is -2.02. The van der Waals surface area contributed by atoms with Crippen LogP contribution in [0.25, 0.3) is 0 Å². The highest BCUT2D eigenvalue weighted by Crippen LogP contribution is 1.85. The van der Waals surface area contributed by atoms with Crippen LogP contribution >= 0.6 is 15.9 Å². The average Bonchev–Trinajstić information content (AvgIpc) is 2.03. The van der Waals surface area contributed by atoms with E-state index in [4.69, 9.17) is 9.47 Å². The fourth-order valence-corrected chi connectivity index (χ4v) is 0.772. The maximum absolute atomic E-state index is 5.21. The van der Waals surface area contributed by atoms with Gasteiger partial charge in [0.15, 0.2) is 0 Å². The number of alkyl halides is 1. The minimum atomic E-state index is 0.681. The highest BCUT2D eigenvalue weighted by atomic mass is 79.9. The molecule has 0 bridgehead atoms. The summed E-state index contributed by atoms with van der Waals surface area (Å²) in [5, 5.41) is 0.889. The topological polar surface area (TPSA) is 18.5 Å². The van der Waals surface area contributed by atoms with Gasteiger partial charge in [0.2, 0.25) is 0 Å². The van der Waals surface area contributed by atoms with Crippen molar-refractivity contribution in [1.82, 2.24) is 0 Å². The lowest BCUT2D eigenvalue weighted by molar-refractivity contribution is 0.0560. The van der Waals surface area contributed by atoms with Crippen molar-refractivity contribution in [3.63, 3.8) is 0 Å². The van der Waals surface area contributed by atoms with Gasteiger partial charge in [-0.25, -0.2) is 0 Å². The zero-order valence-corrected chi connectivity index (χ0v) is 8.31. The Morgan fingerprint density at radius 2 is 1.73 bits per heavy atom. The van der Waals surface area contributed by atoms with E-state index in [-0.39, 0.29) is 0 Å². The number of halogens is 1. The first kappa shape index (κ1) is 11.1. The Bertz CT molecular complexity index is 86.2. The van der Waals surface area contributed by atoms with Crippen LogP contribution in [-0.4, -0.2) is 31.8 Å². The van der Waals surface area contributed by atoms with Crippen molar-refractivity contribution in [2.75, 3.05) is 31.8 Å². The summed E-state index contributed by atoms with van der Waals surface area (Å²) in [6, 6.07) is 0. The summed E-state index contributed by atoms with van der Waals surface area (Å²) < 4.78 is 10.4. The van der Waals surface area contributed by atoms with Gasteiger partial charge in [0, 0.05) is 5.33 Å². The van der Waals surface area contributed by atoms with E-state index in [1.807, 2.05) is 6.08 Å². The van der Waals surface area contributed by atoms with Crippen LogP contribution < -0.4 is 0 Å². The first-order valence-corrected chi connectivity index (χ1v) is 4.86. The van der Waals surface area contributed by atoms with Gasteiger partial charge in [-0.3, -0.25) is 0 Å². The molecule has 0 aliphatic carbocycles. The predicted octanol–water partition coefficient (Wildman–Crippen LogP) is 1.99. The molecule has 0 saturated carbocycles. The summed E-state index contributed by atoms with van der Waals surface area (Å²) >= 11 is 3.26. The van der Waals surface area contributed by atoms with Gasteiger partial charge in [-0.2, -0.15) is 0 Å². The fourth-order valence-electron chi connectivity index (χ4n) is 0.543. The Balaban J connectivity index is 2.74. The summed E-state index contributed by atoms with van der Waals surface area (Å²) in [5.41, 5.74) is 0. The minimum absolute atomic E-state index is 0.681. The van der Waals surface area contributed by atoms with Crippen LogP contribution in [0.5, 0.6) is 0 Å². The standard InChI is InChI=1S/C8H15BrO2/c1-2-3-5-10-7-8-11-6-4-9/h2H,1,3-8H2. The van der Waals surface area contributed by atoms with Crippen molar-refractivity contribution in [3.05, 3.63) is 12.7 Å². The first-order valence-electron chi connectivity index (χ1n) is 3.74. The van der Waals surface area contributed by atoms with Gasteiger partial charge in [0.1, 0.15) is 0 Å². The van der Waals surface area contributed by atoms with E-state index in [1.54, 1.807) is 0 Å². The Hall–Kier alpha value is 0.140. The molecule has 0 N–H and O–H groups in total. The molecule has 66 valence electrons. The quantitative estimate of drug-likeness (QED) is 0.356. The van der Waals surface area contributed by atoms with Crippen LogP contribution in [0.4, 0.5) is 0 Å². The second kappa shape index (κ2) is 10.1. The molecule has 2 nitrogen and oxygen atoms in total. The highest BCUT2D eigenvalue weighted by Gasteiger charge is 1.86. The highest BCUT2D eigenvalue weighted by molar-refractivity contribution is 9.09. The summed E-state index contributed by atoms with van der Waals surface area (Å²) in [4.78, 5) is 0. The van der Waals surface area contributed by atoms with Gasteiger partial charge < -0.3 is 9.47 Å². The van der Waals surface area contributed by atoms with Gasteiger partial charge in [0.05, 0.1) is 26.4 Å². The number of ether oxygens (including phenoxy) is 2. The van der Waals surface area contributed by atoms with E-state index in [0.717, 1.165) is 25.0 Å². The molecular formula is C8H15BrO2. The molecule has 0 heterocycles. The van der Waals surface area contributed by atoms with Crippen LogP contribution in [0.3, 0.4) is 0 Å². The molecule has 0 fully saturated rings. The molecule has 0 atom stereocenters. The van der Waals surface area contributed by atoms with Gasteiger partial charge in [-0.05, 0) is 6.42 Å². The van der Waals surface area contributed by atoms with Crippen molar-refractivity contribution in [1.29, 1.82) is 0 Å². The van der Waals surface area contributed by atoms with Gasteiger partial charge in [-0.15, -0.1) is 6.58 Å². The Morgan fingerprint density at radius 3 is 2.27 bits per heavy atom. The average molecular weight is 223 g/mol. The zero-order chi connectivity index (χ0) is 8.36. The molecule has 11 heavy (non-hydrogen) atoms. The molecule has 0 aromatic carbocycles. The van der Waals surface area contributed by atoms with E-state index in [0.29, 0.717) is 13.2 Å². The lowest BCUT2D eigenvalue weighted by atomic mass is 10.5. The first-order chi connectivity index (χ1) is 5.41. The summed E-state index contributed by atoms with van der Waals surface area (Å²) in [5.74, 6) is 0. The largest absolute Gasteiger partial charge is 0.379 e. The predicted molar refractivity (Wildman–Crippen MR) is 50.2 cm³/mol. The Morgan fingerprint density at radius 1 is 1.09 bits per heavy atom. The van der Waals surface area contributed by atoms with Crippen LogP contribution in [-0.2, 0) is 9.47 Å². The van der Waals surface area contributed by atoms with E-state index in [1.165, 1.54) is 0 Å². The number of hydrogen-bond donors (Lipinski definition) is 0. The van der Waals surface area contributed by atoms with Crippen LogP contribution in [0.2, 0.25) is 0 Å². The molecule has 0 aromatic rings. The van der Waals surface area contributed by atoms with Crippen molar-refractivity contribution in [2.45, 2.75) is 6.42 Å². The molecule has 3 heteroatoms. The molecule has 0 spiro atoms. The molecule has 0 aliphatic rings. The third-order valence-corrected chi connectivity index (χ3v) is 1.38. The third-order valence-electron chi connectivity index (χ3n) is 1.06. The fraction of sp³-hybridized carbons (Fsp3) is 0.750. The second-order valence-electron chi connectivity index (χ2n) is 1.99. The molecular weight excluding hydrogens is 208 g/mol. The van der Waals surface area contributed by atoms with Crippen molar-refractivity contribution >= 4 is 15.9 Å². The maximum Gasteiger partial charge on any atom is 0.0700 e. The van der Waals surface area contributed by atoms with Gasteiger partial charge in [-0.1, -0.05) is 22.0 Å². The minimum Gasteiger partial charge on any atom is -0.379 e. The summed E-state index contributed by atoms with van der Waals surface area (Å²) in [7, 11) is 0.